The van der Waals surface area contributed by atoms with Gasteiger partial charge in [0.25, 0.3) is 0 Å². The van der Waals surface area contributed by atoms with Crippen molar-refractivity contribution in [2.45, 2.75) is 58.4 Å². The minimum absolute atomic E-state index is 0.620. The van der Waals surface area contributed by atoms with Crippen molar-refractivity contribution in [1.82, 2.24) is 10.2 Å². The molecule has 104 valence electrons. The van der Waals surface area contributed by atoms with Crippen LogP contribution in [0.2, 0.25) is 0 Å². The van der Waals surface area contributed by atoms with Crippen LogP contribution in [0.15, 0.2) is 0 Å². The van der Waals surface area contributed by atoms with Gasteiger partial charge in [-0.05, 0) is 44.7 Å². The summed E-state index contributed by atoms with van der Waals surface area (Å²) in [6, 6.07) is 0.620. The molecular formula is C16H30N2. The van der Waals surface area contributed by atoms with Crippen molar-refractivity contribution in [1.29, 1.82) is 0 Å². The molecule has 0 spiro atoms. The Kier molecular flexibility index (Phi) is 8.13. The predicted octanol–water partition coefficient (Wildman–Crippen LogP) is 2.89. The summed E-state index contributed by atoms with van der Waals surface area (Å²) in [4.78, 5) is 2.46. The van der Waals surface area contributed by atoms with E-state index in [1.807, 2.05) is 0 Å². The Balaban J connectivity index is 1.92. The first-order chi connectivity index (χ1) is 8.72. The minimum atomic E-state index is 0.620. The third-order valence-electron chi connectivity index (χ3n) is 3.48. The minimum Gasteiger partial charge on any atom is -0.315 e. The van der Waals surface area contributed by atoms with E-state index in [2.05, 4.69) is 30.0 Å². The summed E-state index contributed by atoms with van der Waals surface area (Å²) >= 11 is 0. The van der Waals surface area contributed by atoms with Gasteiger partial charge in [0, 0.05) is 12.6 Å². The maximum atomic E-state index is 5.42. The lowest BCUT2D eigenvalue weighted by Crippen LogP contribution is -2.27. The zero-order chi connectivity index (χ0) is 13.2. The number of rotatable bonds is 11. The fraction of sp³-hybridized carbons (Fsp3) is 0.875. The van der Waals surface area contributed by atoms with Crippen LogP contribution in [-0.2, 0) is 0 Å². The van der Waals surface area contributed by atoms with E-state index in [1.165, 1.54) is 51.6 Å². The number of unbranched alkanes of at least 4 members (excludes halogenated alkanes) is 3. The molecule has 2 nitrogen and oxygen atoms in total. The summed E-state index contributed by atoms with van der Waals surface area (Å²) in [5.41, 5.74) is 0. The van der Waals surface area contributed by atoms with Crippen LogP contribution < -0.4 is 5.32 Å². The molecule has 0 unspecified atom stereocenters. The molecule has 0 radical (unpaired) electrons. The molecule has 0 bridgehead atoms. The largest absolute Gasteiger partial charge is 0.315 e. The molecule has 0 amide bonds. The average molecular weight is 250 g/mol. The molecule has 1 fully saturated rings. The first-order valence-electron chi connectivity index (χ1n) is 7.61. The van der Waals surface area contributed by atoms with E-state index in [1.54, 1.807) is 0 Å². The normalized spacial score (nSPS) is 15.3. The van der Waals surface area contributed by atoms with E-state index in [0.29, 0.717) is 6.04 Å². The van der Waals surface area contributed by atoms with E-state index in [0.717, 1.165) is 19.0 Å². The molecule has 1 rings (SSSR count). The summed E-state index contributed by atoms with van der Waals surface area (Å²) in [6.45, 7) is 8.84. The van der Waals surface area contributed by atoms with Crippen molar-refractivity contribution in [2.75, 3.05) is 26.2 Å². The molecule has 0 aromatic carbocycles. The van der Waals surface area contributed by atoms with Crippen molar-refractivity contribution in [2.24, 2.45) is 5.92 Å². The molecule has 1 N–H and O–H groups in total. The lowest BCUT2D eigenvalue weighted by atomic mass is 10.1. The van der Waals surface area contributed by atoms with E-state index in [9.17, 15) is 0 Å². The molecule has 0 atom stereocenters. The van der Waals surface area contributed by atoms with Crippen LogP contribution in [0.4, 0.5) is 0 Å². The Morgan fingerprint density at radius 1 is 1.22 bits per heavy atom. The van der Waals surface area contributed by atoms with Crippen LogP contribution in [-0.4, -0.2) is 37.1 Å². The van der Waals surface area contributed by atoms with Crippen LogP contribution in [0, 0.1) is 18.3 Å². The Bertz CT molecular complexity index is 238. The van der Waals surface area contributed by atoms with Gasteiger partial charge >= 0.3 is 0 Å². The molecule has 1 saturated carbocycles. The van der Waals surface area contributed by atoms with Gasteiger partial charge in [0.15, 0.2) is 0 Å². The quantitative estimate of drug-likeness (QED) is 0.448. The molecule has 2 heteroatoms. The van der Waals surface area contributed by atoms with E-state index in [-0.39, 0.29) is 0 Å². The van der Waals surface area contributed by atoms with Crippen molar-refractivity contribution in [3.05, 3.63) is 0 Å². The smallest absolute Gasteiger partial charge is 0.0599 e. The molecule has 0 aromatic rings. The Morgan fingerprint density at radius 3 is 2.56 bits per heavy atom. The summed E-state index contributed by atoms with van der Waals surface area (Å²) in [5.74, 6) is 3.74. The number of hydrogen-bond donors (Lipinski definition) is 1. The Labute approximate surface area is 114 Å². The molecule has 18 heavy (non-hydrogen) atoms. The van der Waals surface area contributed by atoms with E-state index in [4.69, 9.17) is 6.42 Å². The van der Waals surface area contributed by atoms with E-state index < -0.39 is 0 Å². The zero-order valence-corrected chi connectivity index (χ0v) is 12.3. The molecule has 1 aliphatic carbocycles. The highest BCUT2D eigenvalue weighted by Crippen LogP contribution is 2.29. The van der Waals surface area contributed by atoms with Crippen LogP contribution >= 0.6 is 0 Å². The van der Waals surface area contributed by atoms with Gasteiger partial charge in [0.05, 0.1) is 6.54 Å². The van der Waals surface area contributed by atoms with Crippen LogP contribution in [0.25, 0.3) is 0 Å². The summed E-state index contributed by atoms with van der Waals surface area (Å²) < 4.78 is 0. The highest BCUT2D eigenvalue weighted by atomic mass is 15.1. The third-order valence-corrected chi connectivity index (χ3v) is 3.48. The molecule has 0 heterocycles. The fourth-order valence-corrected chi connectivity index (χ4v) is 2.23. The van der Waals surface area contributed by atoms with Crippen LogP contribution in [0.1, 0.15) is 52.4 Å². The summed E-state index contributed by atoms with van der Waals surface area (Å²) in [7, 11) is 0. The molecule has 1 aliphatic rings. The number of nitrogens with zero attached hydrogens (tertiary/aromatic N) is 1. The second kappa shape index (κ2) is 9.42. The Morgan fingerprint density at radius 2 is 1.94 bits per heavy atom. The molecule has 0 aliphatic heterocycles. The monoisotopic (exact) mass is 250 g/mol. The molecule has 0 aromatic heterocycles. The Hall–Kier alpha value is -0.520. The number of terminal acetylenes is 1. The standard InChI is InChI=1S/C16H30N2/c1-4-12-18(14-16-9-10-16)13-8-6-5-7-11-17-15(2)3/h1,15-17H,5-14H2,2-3H3. The van der Waals surface area contributed by atoms with Crippen LogP contribution in [0.3, 0.4) is 0 Å². The van der Waals surface area contributed by atoms with Crippen molar-refractivity contribution >= 4 is 0 Å². The fourth-order valence-electron chi connectivity index (χ4n) is 2.23. The highest BCUT2D eigenvalue weighted by molar-refractivity contribution is 4.90. The summed E-state index contributed by atoms with van der Waals surface area (Å²) in [6.07, 6.45) is 13.5. The van der Waals surface area contributed by atoms with Gasteiger partial charge in [-0.1, -0.05) is 32.6 Å². The van der Waals surface area contributed by atoms with Gasteiger partial charge in [-0.2, -0.15) is 0 Å². The number of hydrogen-bond acceptors (Lipinski definition) is 2. The van der Waals surface area contributed by atoms with Crippen molar-refractivity contribution in [3.8, 4) is 12.3 Å². The van der Waals surface area contributed by atoms with E-state index >= 15 is 0 Å². The SMILES string of the molecule is C#CCN(CCCCCCNC(C)C)CC1CC1. The van der Waals surface area contributed by atoms with Gasteiger partial charge in [-0.25, -0.2) is 0 Å². The lowest BCUT2D eigenvalue weighted by Gasteiger charge is -2.19. The van der Waals surface area contributed by atoms with Gasteiger partial charge in [0.2, 0.25) is 0 Å². The van der Waals surface area contributed by atoms with Gasteiger partial charge in [0.1, 0.15) is 0 Å². The second-order valence-corrected chi connectivity index (χ2v) is 5.91. The number of nitrogens with one attached hydrogen (secondary N) is 1. The van der Waals surface area contributed by atoms with Gasteiger partial charge < -0.3 is 5.32 Å². The van der Waals surface area contributed by atoms with Gasteiger partial charge in [-0.15, -0.1) is 6.42 Å². The highest BCUT2D eigenvalue weighted by Gasteiger charge is 2.23. The summed E-state index contributed by atoms with van der Waals surface area (Å²) in [5, 5.41) is 3.46. The molecular weight excluding hydrogens is 220 g/mol. The average Bonchev–Trinajstić information content (AvgIpc) is 3.11. The topological polar surface area (TPSA) is 15.3 Å². The van der Waals surface area contributed by atoms with Gasteiger partial charge in [-0.3, -0.25) is 4.90 Å². The zero-order valence-electron chi connectivity index (χ0n) is 12.3. The third kappa shape index (κ3) is 8.55. The maximum Gasteiger partial charge on any atom is 0.0599 e. The van der Waals surface area contributed by atoms with Crippen molar-refractivity contribution in [3.63, 3.8) is 0 Å². The van der Waals surface area contributed by atoms with Crippen molar-refractivity contribution < 1.29 is 0 Å². The van der Waals surface area contributed by atoms with Crippen LogP contribution in [0.5, 0.6) is 0 Å². The lowest BCUT2D eigenvalue weighted by molar-refractivity contribution is 0.286. The first-order valence-corrected chi connectivity index (χ1v) is 7.61. The predicted molar refractivity (Wildman–Crippen MR) is 79.6 cm³/mol. The second-order valence-electron chi connectivity index (χ2n) is 5.91. The molecule has 0 saturated heterocycles. The first kappa shape index (κ1) is 15.5. The maximum absolute atomic E-state index is 5.42.